The molecule has 0 radical (unpaired) electrons. The Morgan fingerprint density at radius 1 is 0.617 bits per heavy atom. The zero-order valence-corrected chi connectivity index (χ0v) is 27.8. The van der Waals surface area contributed by atoms with Crippen LogP contribution >= 0.6 is 0 Å². The van der Waals surface area contributed by atoms with Crippen molar-refractivity contribution in [1.82, 2.24) is 0 Å². The Balaban J connectivity index is 1.62. The molecule has 242 valence electrons. The van der Waals surface area contributed by atoms with Crippen LogP contribution in [0.1, 0.15) is 61.9 Å². The zero-order valence-electron chi connectivity index (χ0n) is 27.8. The minimum absolute atomic E-state index is 0.118. The maximum Gasteiger partial charge on any atom is 0.341 e. The van der Waals surface area contributed by atoms with Crippen molar-refractivity contribution in [2.75, 3.05) is 6.61 Å². The fraction of sp³-hybridized carbons (Fsp3) is 0.286. The first kappa shape index (κ1) is 33.5. The molecule has 47 heavy (non-hydrogen) atoms. The molecule has 0 heterocycles. The normalized spacial score (nSPS) is 11.4. The first-order chi connectivity index (χ1) is 22.6. The molecule has 0 aliphatic rings. The Hall–Kier alpha value is -4.90. The summed E-state index contributed by atoms with van der Waals surface area (Å²) in [5.74, 6) is -0.355. The fourth-order valence-corrected chi connectivity index (χ4v) is 6.40. The van der Waals surface area contributed by atoms with Crippen molar-refractivity contribution in [1.29, 1.82) is 0 Å². The number of carboxylic acid groups (broad SMARTS) is 2. The quantitative estimate of drug-likeness (QED) is 0.128. The zero-order chi connectivity index (χ0) is 33.5. The molecule has 0 aliphatic carbocycles. The molecule has 0 aromatic heterocycles. The number of rotatable bonds is 14. The third-order valence-corrected chi connectivity index (χ3v) is 8.49. The maximum absolute atomic E-state index is 11.3. The van der Waals surface area contributed by atoms with Crippen molar-refractivity contribution in [3.05, 3.63) is 125 Å². The van der Waals surface area contributed by atoms with E-state index in [4.69, 9.17) is 4.74 Å². The summed E-state index contributed by atoms with van der Waals surface area (Å²) in [5, 5.41) is 21.0. The van der Waals surface area contributed by atoms with Gasteiger partial charge in [0.25, 0.3) is 0 Å². The van der Waals surface area contributed by atoms with Crippen LogP contribution in [0.4, 0.5) is 0 Å². The lowest BCUT2D eigenvalue weighted by molar-refractivity contribution is -0.139. The highest BCUT2D eigenvalue weighted by Crippen LogP contribution is 2.36. The van der Waals surface area contributed by atoms with E-state index in [1.165, 1.54) is 27.5 Å². The van der Waals surface area contributed by atoms with E-state index in [0.29, 0.717) is 24.0 Å². The van der Waals surface area contributed by atoms with Crippen LogP contribution in [0.3, 0.4) is 0 Å². The summed E-state index contributed by atoms with van der Waals surface area (Å²) in [6.45, 7) is 8.30. The van der Waals surface area contributed by atoms with Gasteiger partial charge in [-0.15, -0.1) is 0 Å². The topological polar surface area (TPSA) is 83.8 Å². The van der Waals surface area contributed by atoms with Crippen molar-refractivity contribution >= 4 is 22.7 Å². The van der Waals surface area contributed by atoms with Gasteiger partial charge in [-0.05, 0) is 110 Å². The Kier molecular flexibility index (Phi) is 10.8. The summed E-state index contributed by atoms with van der Waals surface area (Å²) < 4.78 is 5.69. The number of carbonyl (C=O) groups is 2. The van der Waals surface area contributed by atoms with Crippen LogP contribution in [0, 0.1) is 11.8 Å². The number of carboxylic acids is 2. The van der Waals surface area contributed by atoms with Crippen molar-refractivity contribution in [3.63, 3.8) is 0 Å². The second-order valence-corrected chi connectivity index (χ2v) is 13.3. The molecule has 0 aliphatic heterocycles. The maximum atomic E-state index is 11.3. The summed E-state index contributed by atoms with van der Waals surface area (Å²) >= 11 is 0. The number of aryl methyl sites for hydroxylation is 1. The van der Waals surface area contributed by atoms with Gasteiger partial charge in [0.2, 0.25) is 0 Å². The molecule has 5 heteroatoms. The average Bonchev–Trinajstić information content (AvgIpc) is 3.03. The molecule has 0 unspecified atom stereocenters. The third-order valence-electron chi connectivity index (χ3n) is 8.49. The molecule has 5 nitrogen and oxygen atoms in total. The van der Waals surface area contributed by atoms with E-state index in [9.17, 15) is 19.8 Å². The highest BCUT2D eigenvalue weighted by atomic mass is 16.5. The molecule has 5 aromatic carbocycles. The third kappa shape index (κ3) is 8.68. The molecular formula is C42H44O5. The van der Waals surface area contributed by atoms with E-state index in [1.807, 2.05) is 12.1 Å². The van der Waals surface area contributed by atoms with Gasteiger partial charge in [0.05, 0.1) is 0 Å². The predicted octanol–water partition coefficient (Wildman–Crippen LogP) is 9.64. The average molecular weight is 629 g/mol. The molecule has 5 rings (SSSR count). The Bertz CT molecular complexity index is 1880. The molecule has 0 spiro atoms. The Morgan fingerprint density at radius 2 is 1.26 bits per heavy atom. The lowest BCUT2D eigenvalue weighted by Gasteiger charge is -2.18. The van der Waals surface area contributed by atoms with Crippen LogP contribution in [0.25, 0.3) is 33.0 Å². The van der Waals surface area contributed by atoms with Gasteiger partial charge in [0.1, 0.15) is 5.75 Å². The van der Waals surface area contributed by atoms with Gasteiger partial charge < -0.3 is 14.9 Å². The van der Waals surface area contributed by atoms with Crippen LogP contribution in [-0.2, 0) is 35.3 Å². The Morgan fingerprint density at radius 3 is 1.98 bits per heavy atom. The number of benzene rings is 5. The molecule has 0 saturated heterocycles. The first-order valence-electron chi connectivity index (χ1n) is 16.5. The van der Waals surface area contributed by atoms with E-state index >= 15 is 0 Å². The Labute approximate surface area is 277 Å². The van der Waals surface area contributed by atoms with Gasteiger partial charge in [-0.3, -0.25) is 4.79 Å². The van der Waals surface area contributed by atoms with Crippen LogP contribution in [0.5, 0.6) is 5.75 Å². The van der Waals surface area contributed by atoms with Crippen LogP contribution < -0.4 is 4.74 Å². The first-order valence-corrected chi connectivity index (χ1v) is 16.5. The fourth-order valence-electron chi connectivity index (χ4n) is 6.40. The van der Waals surface area contributed by atoms with Crippen molar-refractivity contribution in [2.24, 2.45) is 11.8 Å². The number of hydrogen-bond donors (Lipinski definition) is 2. The molecule has 2 N–H and O–H groups in total. The highest BCUT2D eigenvalue weighted by molar-refractivity contribution is 5.86. The summed E-state index contributed by atoms with van der Waals surface area (Å²) in [6.07, 6.45) is 3.03. The largest absolute Gasteiger partial charge is 0.482 e. The van der Waals surface area contributed by atoms with Gasteiger partial charge >= 0.3 is 11.9 Å². The van der Waals surface area contributed by atoms with Crippen molar-refractivity contribution < 1.29 is 24.5 Å². The molecule has 0 bridgehead atoms. The smallest absolute Gasteiger partial charge is 0.341 e. The van der Waals surface area contributed by atoms with E-state index in [-0.39, 0.29) is 13.0 Å². The highest BCUT2D eigenvalue weighted by Gasteiger charge is 2.16. The van der Waals surface area contributed by atoms with E-state index < -0.39 is 11.9 Å². The summed E-state index contributed by atoms with van der Waals surface area (Å²) in [7, 11) is 0. The lowest BCUT2D eigenvalue weighted by Crippen LogP contribution is -2.11. The monoisotopic (exact) mass is 628 g/mol. The van der Waals surface area contributed by atoms with E-state index in [2.05, 4.69) is 113 Å². The van der Waals surface area contributed by atoms with Gasteiger partial charge in [-0.2, -0.15) is 0 Å². The van der Waals surface area contributed by atoms with Crippen LogP contribution in [0.2, 0.25) is 0 Å². The van der Waals surface area contributed by atoms with Gasteiger partial charge in [-0.1, -0.05) is 113 Å². The minimum Gasteiger partial charge on any atom is -0.482 e. The number of ether oxygens (including phenoxy) is 1. The number of aliphatic carboxylic acids is 2. The lowest BCUT2D eigenvalue weighted by atomic mass is 9.87. The van der Waals surface area contributed by atoms with Crippen LogP contribution in [-0.4, -0.2) is 28.8 Å². The van der Waals surface area contributed by atoms with Crippen molar-refractivity contribution in [2.45, 2.75) is 59.8 Å². The molecular weight excluding hydrogens is 584 g/mol. The van der Waals surface area contributed by atoms with Crippen molar-refractivity contribution in [3.8, 4) is 28.0 Å². The standard InChI is InChI=1S/C42H44O5/c1-27(2)20-35-22-31(13-12-29(35)16-19-41(43)44)32-14-17-39(34-15-18-40(47-26-42(45)46)37(25-34)21-28(3)4)36(23-32)24-33-10-7-9-30-8-5-6-11-38(30)33/h5-15,17-18,22-23,25,27-28H,16,19-21,24,26H2,1-4H3,(H,43,44)(H,45,46). The summed E-state index contributed by atoms with van der Waals surface area (Å²) in [5.41, 5.74) is 10.1. The van der Waals surface area contributed by atoms with Gasteiger partial charge in [0, 0.05) is 6.42 Å². The molecule has 5 aromatic rings. The molecule has 0 amide bonds. The minimum atomic E-state index is -0.996. The van der Waals surface area contributed by atoms with E-state index in [0.717, 1.165) is 52.6 Å². The summed E-state index contributed by atoms with van der Waals surface area (Å²) in [4.78, 5) is 22.6. The van der Waals surface area contributed by atoms with Gasteiger partial charge in [-0.25, -0.2) is 4.79 Å². The number of fused-ring (bicyclic) bond motifs is 1. The molecule has 0 atom stereocenters. The molecule has 0 saturated carbocycles. The number of hydrogen-bond acceptors (Lipinski definition) is 3. The summed E-state index contributed by atoms with van der Waals surface area (Å²) in [6, 6.07) is 34.1. The second kappa shape index (κ2) is 15.1. The SMILES string of the molecule is CC(C)Cc1cc(-c2ccc(-c3ccc(OCC(=O)O)c(CC(C)C)c3)c(Cc3cccc4ccccc34)c2)ccc1CCC(=O)O. The predicted molar refractivity (Wildman–Crippen MR) is 190 cm³/mol. The van der Waals surface area contributed by atoms with Gasteiger partial charge in [0.15, 0.2) is 6.61 Å². The molecule has 0 fully saturated rings. The van der Waals surface area contributed by atoms with E-state index in [1.54, 1.807) is 0 Å². The second-order valence-electron chi connectivity index (χ2n) is 13.3. The van der Waals surface area contributed by atoms with Crippen LogP contribution in [0.15, 0.2) is 97.1 Å².